The second-order valence-corrected chi connectivity index (χ2v) is 6.34. The van der Waals surface area contributed by atoms with Crippen molar-refractivity contribution in [1.82, 2.24) is 5.32 Å². The molecule has 24 heavy (non-hydrogen) atoms. The van der Waals surface area contributed by atoms with Crippen molar-refractivity contribution in [1.29, 1.82) is 0 Å². The van der Waals surface area contributed by atoms with Gasteiger partial charge in [-0.1, -0.05) is 24.3 Å². The van der Waals surface area contributed by atoms with Gasteiger partial charge in [-0.3, -0.25) is 4.79 Å². The predicted octanol–water partition coefficient (Wildman–Crippen LogP) is 3.46. The molecule has 124 valence electrons. The zero-order valence-corrected chi connectivity index (χ0v) is 13.5. The van der Waals surface area contributed by atoms with Crippen LogP contribution in [0.1, 0.15) is 34.3 Å². The summed E-state index contributed by atoms with van der Waals surface area (Å²) in [6.07, 6.45) is 0.743. The number of carbonyl (C=O) groups excluding carboxylic acids is 1. The second-order valence-electron chi connectivity index (χ2n) is 6.34. The van der Waals surface area contributed by atoms with Crippen molar-refractivity contribution in [2.75, 3.05) is 0 Å². The SMILES string of the molecule is Cc1ccc(-c2ccc(C(=O)NC3(C(=O)O)CC3)c(F)c2)cc1C. The Bertz CT molecular complexity index is 841. The summed E-state index contributed by atoms with van der Waals surface area (Å²) in [5.41, 5.74) is 2.43. The largest absolute Gasteiger partial charge is 0.480 e. The van der Waals surface area contributed by atoms with E-state index in [1.54, 1.807) is 6.07 Å². The Morgan fingerprint density at radius 3 is 2.21 bits per heavy atom. The highest BCUT2D eigenvalue weighted by atomic mass is 19.1. The molecule has 1 aliphatic rings. The average Bonchev–Trinajstić information content (AvgIpc) is 3.30. The molecular formula is C19H18FNO3. The number of halogens is 1. The van der Waals surface area contributed by atoms with Gasteiger partial charge in [0.1, 0.15) is 11.4 Å². The van der Waals surface area contributed by atoms with Crippen LogP contribution in [0.3, 0.4) is 0 Å². The van der Waals surface area contributed by atoms with E-state index in [-0.39, 0.29) is 5.56 Å². The number of hydrogen-bond acceptors (Lipinski definition) is 2. The minimum Gasteiger partial charge on any atom is -0.480 e. The van der Waals surface area contributed by atoms with Gasteiger partial charge in [0.2, 0.25) is 0 Å². The molecule has 0 radical (unpaired) electrons. The van der Waals surface area contributed by atoms with Crippen LogP contribution in [0.4, 0.5) is 4.39 Å². The van der Waals surface area contributed by atoms with Gasteiger partial charge in [-0.25, -0.2) is 9.18 Å². The summed E-state index contributed by atoms with van der Waals surface area (Å²) in [5.74, 6) is -2.44. The van der Waals surface area contributed by atoms with E-state index in [2.05, 4.69) is 5.32 Å². The van der Waals surface area contributed by atoms with Crippen molar-refractivity contribution in [2.24, 2.45) is 0 Å². The highest BCUT2D eigenvalue weighted by Crippen LogP contribution is 2.36. The standard InChI is InChI=1S/C19H18FNO3/c1-11-3-4-13(9-12(11)2)14-5-6-15(16(20)10-14)17(22)21-19(7-8-19)18(23)24/h3-6,9-10H,7-8H2,1-2H3,(H,21,22)(H,23,24). The van der Waals surface area contributed by atoms with E-state index in [0.717, 1.165) is 16.7 Å². The molecule has 1 aliphatic carbocycles. The summed E-state index contributed by atoms with van der Waals surface area (Å²) < 4.78 is 14.4. The molecule has 4 nitrogen and oxygen atoms in total. The monoisotopic (exact) mass is 327 g/mol. The van der Waals surface area contributed by atoms with Crippen LogP contribution in [0.25, 0.3) is 11.1 Å². The first-order valence-electron chi connectivity index (χ1n) is 7.75. The Morgan fingerprint density at radius 2 is 1.67 bits per heavy atom. The molecule has 0 saturated heterocycles. The highest BCUT2D eigenvalue weighted by Gasteiger charge is 2.51. The third-order valence-electron chi connectivity index (χ3n) is 4.57. The lowest BCUT2D eigenvalue weighted by atomic mass is 9.99. The molecule has 2 aromatic carbocycles. The summed E-state index contributed by atoms with van der Waals surface area (Å²) in [6.45, 7) is 3.99. The summed E-state index contributed by atoms with van der Waals surface area (Å²) in [5, 5.41) is 11.5. The molecule has 2 aromatic rings. The fourth-order valence-corrected chi connectivity index (χ4v) is 2.60. The molecule has 0 spiro atoms. The second kappa shape index (κ2) is 5.74. The molecule has 0 aliphatic heterocycles. The number of carboxylic acids is 1. The van der Waals surface area contributed by atoms with Crippen molar-refractivity contribution in [3.63, 3.8) is 0 Å². The van der Waals surface area contributed by atoms with Crippen LogP contribution in [-0.2, 0) is 4.79 Å². The molecule has 1 amide bonds. The highest BCUT2D eigenvalue weighted by molar-refractivity contribution is 5.99. The van der Waals surface area contributed by atoms with E-state index in [1.807, 2.05) is 32.0 Å². The molecule has 0 atom stereocenters. The first-order valence-corrected chi connectivity index (χ1v) is 7.75. The van der Waals surface area contributed by atoms with Gasteiger partial charge in [-0.15, -0.1) is 0 Å². The Balaban J connectivity index is 1.86. The maximum atomic E-state index is 14.4. The Labute approximate surface area is 139 Å². The summed E-state index contributed by atoms with van der Waals surface area (Å²) in [6, 6.07) is 10.2. The predicted molar refractivity (Wildman–Crippen MR) is 88.4 cm³/mol. The normalized spacial score (nSPS) is 15.0. The number of nitrogens with one attached hydrogen (secondary N) is 1. The lowest BCUT2D eigenvalue weighted by Crippen LogP contribution is -2.43. The number of rotatable bonds is 4. The molecule has 2 N–H and O–H groups in total. The Kier molecular flexibility index (Phi) is 3.87. The molecule has 1 saturated carbocycles. The van der Waals surface area contributed by atoms with Crippen LogP contribution >= 0.6 is 0 Å². The first kappa shape index (κ1) is 16.2. The van der Waals surface area contributed by atoms with Gasteiger partial charge in [-0.2, -0.15) is 0 Å². The van der Waals surface area contributed by atoms with Gasteiger partial charge in [0, 0.05) is 0 Å². The van der Waals surface area contributed by atoms with Gasteiger partial charge in [-0.05, 0) is 61.1 Å². The van der Waals surface area contributed by atoms with Crippen molar-refractivity contribution < 1.29 is 19.1 Å². The number of amides is 1. The maximum Gasteiger partial charge on any atom is 0.329 e. The van der Waals surface area contributed by atoms with E-state index >= 15 is 0 Å². The number of aryl methyl sites for hydroxylation is 2. The topological polar surface area (TPSA) is 66.4 Å². The van der Waals surface area contributed by atoms with Crippen molar-refractivity contribution in [3.8, 4) is 11.1 Å². The van der Waals surface area contributed by atoms with Crippen LogP contribution in [-0.4, -0.2) is 22.5 Å². The van der Waals surface area contributed by atoms with Gasteiger partial charge >= 0.3 is 5.97 Å². The molecule has 1 fully saturated rings. The van der Waals surface area contributed by atoms with Crippen molar-refractivity contribution >= 4 is 11.9 Å². The van der Waals surface area contributed by atoms with Gasteiger partial charge < -0.3 is 10.4 Å². The van der Waals surface area contributed by atoms with E-state index in [0.29, 0.717) is 18.4 Å². The molecule has 0 aromatic heterocycles. The van der Waals surface area contributed by atoms with E-state index < -0.39 is 23.2 Å². The third kappa shape index (κ3) is 2.89. The van der Waals surface area contributed by atoms with Crippen LogP contribution in [0.2, 0.25) is 0 Å². The maximum absolute atomic E-state index is 14.4. The zero-order chi connectivity index (χ0) is 17.5. The van der Waals surface area contributed by atoms with E-state index in [4.69, 9.17) is 5.11 Å². The average molecular weight is 327 g/mol. The summed E-state index contributed by atoms with van der Waals surface area (Å²) in [4.78, 5) is 23.3. The molecule has 0 unspecified atom stereocenters. The fraction of sp³-hybridized carbons (Fsp3) is 0.263. The van der Waals surface area contributed by atoms with Crippen molar-refractivity contribution in [3.05, 3.63) is 58.9 Å². The molecule has 3 rings (SSSR count). The fourth-order valence-electron chi connectivity index (χ4n) is 2.60. The van der Waals surface area contributed by atoms with E-state index in [1.165, 1.54) is 12.1 Å². The van der Waals surface area contributed by atoms with Crippen LogP contribution in [0, 0.1) is 19.7 Å². The number of hydrogen-bond donors (Lipinski definition) is 2. The molecule has 5 heteroatoms. The van der Waals surface area contributed by atoms with Crippen molar-refractivity contribution in [2.45, 2.75) is 32.2 Å². The van der Waals surface area contributed by atoms with Gasteiger partial charge in [0.05, 0.1) is 5.56 Å². The Hall–Kier alpha value is -2.69. The van der Waals surface area contributed by atoms with Gasteiger partial charge in [0.25, 0.3) is 5.91 Å². The third-order valence-corrected chi connectivity index (χ3v) is 4.57. The number of aliphatic carboxylic acids is 1. The van der Waals surface area contributed by atoms with Crippen LogP contribution < -0.4 is 5.32 Å². The first-order chi connectivity index (χ1) is 11.3. The minimum absolute atomic E-state index is 0.143. The summed E-state index contributed by atoms with van der Waals surface area (Å²) >= 11 is 0. The summed E-state index contributed by atoms with van der Waals surface area (Å²) in [7, 11) is 0. The number of benzene rings is 2. The number of carboxylic acid groups (broad SMARTS) is 1. The molecule has 0 heterocycles. The lowest BCUT2D eigenvalue weighted by molar-refractivity contribution is -0.140. The Morgan fingerprint density at radius 1 is 1.04 bits per heavy atom. The number of carbonyl (C=O) groups is 2. The van der Waals surface area contributed by atoms with Crippen LogP contribution in [0.5, 0.6) is 0 Å². The van der Waals surface area contributed by atoms with Crippen LogP contribution in [0.15, 0.2) is 36.4 Å². The molecule has 0 bridgehead atoms. The quantitative estimate of drug-likeness (QED) is 0.904. The smallest absolute Gasteiger partial charge is 0.329 e. The van der Waals surface area contributed by atoms with E-state index in [9.17, 15) is 14.0 Å². The minimum atomic E-state index is -1.23. The molecular weight excluding hydrogens is 309 g/mol. The lowest BCUT2D eigenvalue weighted by Gasteiger charge is -2.13. The van der Waals surface area contributed by atoms with Gasteiger partial charge in [0.15, 0.2) is 0 Å². The zero-order valence-electron chi connectivity index (χ0n) is 13.5.